The first-order valence-electron chi connectivity index (χ1n) is 8.72. The number of carbonyl (C=O) groups excluding carboxylic acids is 1. The Morgan fingerprint density at radius 3 is 2.27 bits per heavy atom. The number of hydrogen-bond donors (Lipinski definition) is 0. The van der Waals surface area contributed by atoms with Crippen molar-refractivity contribution in [2.45, 2.75) is 65.1 Å². The van der Waals surface area contributed by atoms with E-state index in [-0.39, 0.29) is 6.09 Å². The summed E-state index contributed by atoms with van der Waals surface area (Å²) >= 11 is 0. The number of likely N-dealkylation sites (tertiary alicyclic amines) is 1. The van der Waals surface area contributed by atoms with Crippen LogP contribution >= 0.6 is 0 Å². The molecule has 2 saturated heterocycles. The topological polar surface area (TPSA) is 36.0 Å². The first-order valence-corrected chi connectivity index (χ1v) is 8.72. The molecule has 1 atom stereocenters. The Morgan fingerprint density at radius 1 is 1.09 bits per heavy atom. The molecule has 0 aromatic carbocycles. The Hall–Kier alpha value is -0.810. The number of hydrogen-bond acceptors (Lipinski definition) is 4. The average molecular weight is 311 g/mol. The molecule has 22 heavy (non-hydrogen) atoms. The van der Waals surface area contributed by atoms with E-state index in [1.165, 1.54) is 25.9 Å². The van der Waals surface area contributed by atoms with Gasteiger partial charge in [-0.3, -0.25) is 9.80 Å². The van der Waals surface area contributed by atoms with Crippen molar-refractivity contribution in [2.24, 2.45) is 0 Å². The highest BCUT2D eigenvalue weighted by Gasteiger charge is 2.31. The van der Waals surface area contributed by atoms with E-state index >= 15 is 0 Å². The van der Waals surface area contributed by atoms with Crippen LogP contribution in [-0.4, -0.2) is 77.7 Å². The maximum Gasteiger partial charge on any atom is 0.410 e. The van der Waals surface area contributed by atoms with Gasteiger partial charge in [-0.1, -0.05) is 0 Å². The minimum absolute atomic E-state index is 0.167. The second-order valence-electron chi connectivity index (χ2n) is 7.89. The Bertz CT molecular complexity index is 371. The van der Waals surface area contributed by atoms with Crippen LogP contribution in [0.2, 0.25) is 0 Å². The fourth-order valence-electron chi connectivity index (χ4n) is 3.35. The molecule has 1 amide bonds. The largest absolute Gasteiger partial charge is 0.444 e. The van der Waals surface area contributed by atoms with Crippen molar-refractivity contribution >= 4 is 6.09 Å². The van der Waals surface area contributed by atoms with E-state index in [0.29, 0.717) is 12.1 Å². The zero-order chi connectivity index (χ0) is 16.3. The van der Waals surface area contributed by atoms with Gasteiger partial charge in [-0.15, -0.1) is 0 Å². The summed E-state index contributed by atoms with van der Waals surface area (Å²) in [5, 5.41) is 0. The van der Waals surface area contributed by atoms with Gasteiger partial charge in [0.05, 0.1) is 0 Å². The molecule has 0 spiro atoms. The van der Waals surface area contributed by atoms with Gasteiger partial charge in [0.25, 0.3) is 0 Å². The van der Waals surface area contributed by atoms with E-state index in [4.69, 9.17) is 4.74 Å². The molecule has 2 heterocycles. The van der Waals surface area contributed by atoms with Gasteiger partial charge in [0.15, 0.2) is 0 Å². The molecule has 0 saturated carbocycles. The van der Waals surface area contributed by atoms with Crippen LogP contribution in [-0.2, 0) is 4.74 Å². The molecule has 0 aromatic heterocycles. The molecule has 0 aromatic rings. The van der Waals surface area contributed by atoms with E-state index < -0.39 is 5.60 Å². The summed E-state index contributed by atoms with van der Waals surface area (Å²) in [4.78, 5) is 19.1. The van der Waals surface area contributed by atoms with Crippen molar-refractivity contribution < 1.29 is 9.53 Å². The van der Waals surface area contributed by atoms with E-state index in [1.807, 2.05) is 25.7 Å². The molecule has 0 bridgehead atoms. The molecule has 0 radical (unpaired) electrons. The lowest BCUT2D eigenvalue weighted by Crippen LogP contribution is -2.57. The number of piperazine rings is 1. The van der Waals surface area contributed by atoms with Gasteiger partial charge in [0, 0.05) is 44.8 Å². The number of carbonyl (C=O) groups is 1. The Balaban J connectivity index is 1.80. The van der Waals surface area contributed by atoms with Crippen LogP contribution in [0, 0.1) is 0 Å². The molecular weight excluding hydrogens is 278 g/mol. The first kappa shape index (κ1) is 17.5. The van der Waals surface area contributed by atoms with Crippen LogP contribution < -0.4 is 0 Å². The van der Waals surface area contributed by atoms with Crippen LogP contribution in [0.3, 0.4) is 0 Å². The van der Waals surface area contributed by atoms with E-state index in [2.05, 4.69) is 23.6 Å². The van der Waals surface area contributed by atoms with Crippen molar-refractivity contribution in [3.05, 3.63) is 0 Å². The summed E-state index contributed by atoms with van der Waals surface area (Å²) < 4.78 is 5.47. The summed E-state index contributed by atoms with van der Waals surface area (Å²) in [5.41, 5.74) is -0.407. The van der Waals surface area contributed by atoms with Crippen LogP contribution in [0.1, 0.15) is 47.5 Å². The molecule has 5 heteroatoms. The van der Waals surface area contributed by atoms with Crippen LogP contribution in [0.5, 0.6) is 0 Å². The Morgan fingerprint density at radius 2 is 1.73 bits per heavy atom. The highest BCUT2D eigenvalue weighted by Crippen LogP contribution is 2.20. The zero-order valence-electron chi connectivity index (χ0n) is 15.0. The summed E-state index contributed by atoms with van der Waals surface area (Å²) in [5.74, 6) is 0. The molecule has 2 aliphatic rings. The number of ether oxygens (including phenoxy) is 1. The van der Waals surface area contributed by atoms with E-state index in [9.17, 15) is 4.79 Å². The number of amides is 1. The number of rotatable bonds is 2. The third kappa shape index (κ3) is 4.85. The van der Waals surface area contributed by atoms with Gasteiger partial charge < -0.3 is 9.64 Å². The van der Waals surface area contributed by atoms with Crippen molar-refractivity contribution in [1.29, 1.82) is 0 Å². The lowest BCUT2D eigenvalue weighted by atomic mass is 10.0. The second kappa shape index (κ2) is 7.18. The number of nitrogens with zero attached hydrogens (tertiary/aromatic N) is 3. The van der Waals surface area contributed by atoms with Gasteiger partial charge >= 0.3 is 6.09 Å². The summed E-state index contributed by atoms with van der Waals surface area (Å²) in [6, 6.07) is 1.28. The van der Waals surface area contributed by atoms with Crippen LogP contribution in [0.25, 0.3) is 0 Å². The zero-order valence-corrected chi connectivity index (χ0v) is 15.0. The van der Waals surface area contributed by atoms with Crippen molar-refractivity contribution in [3.63, 3.8) is 0 Å². The number of piperidine rings is 1. The highest BCUT2D eigenvalue weighted by molar-refractivity contribution is 5.68. The van der Waals surface area contributed by atoms with Crippen molar-refractivity contribution in [3.8, 4) is 0 Å². The molecular formula is C17H33N3O2. The lowest BCUT2D eigenvalue weighted by Gasteiger charge is -2.44. The molecule has 0 N–H and O–H groups in total. The van der Waals surface area contributed by atoms with Gasteiger partial charge in [0.2, 0.25) is 0 Å². The standard InChI is InChI=1S/C17H33N3O2/c1-14(2)20-8-6-7-15(13-20)18-9-11-19(12-10-18)16(21)22-17(3,4)5/h14-15H,6-13H2,1-5H3/t15-/m0/s1. The maximum atomic E-state index is 12.1. The quantitative estimate of drug-likeness (QED) is 0.785. The maximum absolute atomic E-state index is 12.1. The minimum Gasteiger partial charge on any atom is -0.444 e. The average Bonchev–Trinajstić information content (AvgIpc) is 2.46. The molecule has 0 aliphatic carbocycles. The predicted molar refractivity (Wildman–Crippen MR) is 89.1 cm³/mol. The monoisotopic (exact) mass is 311 g/mol. The summed E-state index contributed by atoms with van der Waals surface area (Å²) in [6.07, 6.45) is 2.41. The third-order valence-corrected chi connectivity index (χ3v) is 4.64. The van der Waals surface area contributed by atoms with Gasteiger partial charge in [-0.2, -0.15) is 0 Å². The Kier molecular flexibility index (Phi) is 5.72. The van der Waals surface area contributed by atoms with Crippen LogP contribution in [0.15, 0.2) is 0 Å². The third-order valence-electron chi connectivity index (χ3n) is 4.64. The van der Waals surface area contributed by atoms with Crippen molar-refractivity contribution in [1.82, 2.24) is 14.7 Å². The smallest absolute Gasteiger partial charge is 0.410 e. The lowest BCUT2D eigenvalue weighted by molar-refractivity contribution is 0.00292. The summed E-state index contributed by atoms with van der Waals surface area (Å²) in [6.45, 7) is 16.2. The highest BCUT2D eigenvalue weighted by atomic mass is 16.6. The van der Waals surface area contributed by atoms with Gasteiger partial charge in [-0.25, -0.2) is 4.79 Å². The fraction of sp³-hybridized carbons (Fsp3) is 0.941. The normalized spacial score (nSPS) is 25.5. The molecule has 2 fully saturated rings. The first-order chi connectivity index (χ1) is 10.3. The van der Waals surface area contributed by atoms with Gasteiger partial charge in [-0.05, 0) is 54.0 Å². The molecule has 128 valence electrons. The van der Waals surface area contributed by atoms with E-state index in [1.54, 1.807) is 0 Å². The molecule has 5 nitrogen and oxygen atoms in total. The predicted octanol–water partition coefficient (Wildman–Crippen LogP) is 2.41. The molecule has 0 unspecified atom stereocenters. The minimum atomic E-state index is -0.407. The van der Waals surface area contributed by atoms with E-state index in [0.717, 1.165) is 26.2 Å². The summed E-state index contributed by atoms with van der Waals surface area (Å²) in [7, 11) is 0. The SMILES string of the molecule is CC(C)N1CCC[C@H](N2CCN(C(=O)OC(C)(C)C)CC2)C1. The Labute approximate surface area is 135 Å². The van der Waals surface area contributed by atoms with Crippen molar-refractivity contribution in [2.75, 3.05) is 39.3 Å². The van der Waals surface area contributed by atoms with Gasteiger partial charge in [0.1, 0.15) is 5.60 Å². The molecule has 2 rings (SSSR count). The van der Waals surface area contributed by atoms with Crippen LogP contribution in [0.4, 0.5) is 4.79 Å². The second-order valence-corrected chi connectivity index (χ2v) is 7.89. The fourth-order valence-corrected chi connectivity index (χ4v) is 3.35. The molecule has 2 aliphatic heterocycles.